The number of amides is 1. The van der Waals surface area contributed by atoms with E-state index in [0.29, 0.717) is 12.0 Å². The van der Waals surface area contributed by atoms with Crippen molar-refractivity contribution in [1.29, 1.82) is 0 Å². The highest BCUT2D eigenvalue weighted by atomic mass is 16.6. The first kappa shape index (κ1) is 48.3. The first-order valence-electron chi connectivity index (χ1n) is 20.1. The molecule has 324 valence electrons. The summed E-state index contributed by atoms with van der Waals surface area (Å²) in [6.45, 7) is 16.5. The van der Waals surface area contributed by atoms with E-state index in [1.54, 1.807) is 32.9 Å². The standard InChI is InChI=1S/C44H65NO13/c1-23(2)41-28(7)35(56-37(49)18-17-36(48)45-38-31(46)15-16-32(38)47)22-44(53,58-41)30(9)40(51)29(8)42-33(54-10)14-12-13-24(3)19-26(5)39(50)27(6)20-25(4)21-34(55-11)43(52)57-42/h12-14,17-18,20-21,23,26-30,33,35,39-42,46,50-51,53H,15-16,19,22H2,1-11H3,(H,45,48)/b14-12+,18-17+,24-13+,25-20?,34-21?/t26-,27+,28-,29-,30-,33-,35+,39-,40+,41+,42+,44+/m0/s1. The Morgan fingerprint density at radius 3 is 2.29 bits per heavy atom. The van der Waals surface area contributed by atoms with Crippen LogP contribution in [0.4, 0.5) is 0 Å². The molecule has 0 aromatic rings. The number of rotatable bonds is 11. The fourth-order valence-electron chi connectivity index (χ4n) is 7.95. The summed E-state index contributed by atoms with van der Waals surface area (Å²) < 4.78 is 29.5. The molecule has 1 amide bonds. The van der Waals surface area contributed by atoms with Crippen molar-refractivity contribution in [3.05, 3.63) is 70.9 Å². The van der Waals surface area contributed by atoms with Crippen LogP contribution in [-0.4, -0.2) is 101 Å². The largest absolute Gasteiger partial charge is 0.510 e. The van der Waals surface area contributed by atoms with Gasteiger partial charge < -0.3 is 49.4 Å². The molecule has 14 heteroatoms. The van der Waals surface area contributed by atoms with Crippen LogP contribution in [0.2, 0.25) is 0 Å². The van der Waals surface area contributed by atoms with Gasteiger partial charge in [-0.2, -0.15) is 0 Å². The minimum absolute atomic E-state index is 0.0594. The van der Waals surface area contributed by atoms with Crippen LogP contribution in [0, 0.1) is 35.5 Å². The number of cyclic esters (lactones) is 1. The van der Waals surface area contributed by atoms with Crippen LogP contribution in [0.25, 0.3) is 0 Å². The third kappa shape index (κ3) is 12.5. The summed E-state index contributed by atoms with van der Waals surface area (Å²) in [5.41, 5.74) is 1.48. The average Bonchev–Trinajstić information content (AvgIpc) is 3.48. The highest BCUT2D eigenvalue weighted by molar-refractivity contribution is 6.04. The highest BCUT2D eigenvalue weighted by Gasteiger charge is 2.53. The van der Waals surface area contributed by atoms with E-state index in [2.05, 4.69) is 5.32 Å². The minimum atomic E-state index is -2.04. The number of nitrogens with one attached hydrogen (secondary N) is 1. The van der Waals surface area contributed by atoms with E-state index in [-0.39, 0.29) is 54.2 Å². The van der Waals surface area contributed by atoms with Gasteiger partial charge in [-0.3, -0.25) is 9.59 Å². The Kier molecular flexibility index (Phi) is 17.7. The Balaban J connectivity index is 1.92. The van der Waals surface area contributed by atoms with Gasteiger partial charge in [-0.25, -0.2) is 9.59 Å². The van der Waals surface area contributed by atoms with Crippen LogP contribution in [-0.2, 0) is 42.9 Å². The van der Waals surface area contributed by atoms with Gasteiger partial charge in [0.15, 0.2) is 11.6 Å². The molecule has 14 nitrogen and oxygen atoms in total. The van der Waals surface area contributed by atoms with Crippen LogP contribution in [0.15, 0.2) is 70.9 Å². The number of carbonyl (C=O) groups excluding carboxylic acids is 4. The number of methoxy groups -OCH3 is 2. The number of carbonyl (C=O) groups is 4. The summed E-state index contributed by atoms with van der Waals surface area (Å²) in [5, 5.41) is 47.4. The molecule has 0 spiro atoms. The maximum atomic E-state index is 13.7. The fourth-order valence-corrected chi connectivity index (χ4v) is 7.95. The second-order valence-corrected chi connectivity index (χ2v) is 16.5. The van der Waals surface area contributed by atoms with Crippen molar-refractivity contribution in [2.24, 2.45) is 35.5 Å². The van der Waals surface area contributed by atoms with Crippen LogP contribution in [0.3, 0.4) is 0 Å². The Hall–Kier alpha value is -4.08. The molecule has 1 aliphatic carbocycles. The molecule has 2 aliphatic heterocycles. The Morgan fingerprint density at radius 2 is 1.71 bits per heavy atom. The number of aliphatic hydroxyl groups excluding tert-OH is 3. The first-order chi connectivity index (χ1) is 27.1. The molecule has 58 heavy (non-hydrogen) atoms. The number of allylic oxidation sites excluding steroid dienone is 7. The molecular weight excluding hydrogens is 750 g/mol. The van der Waals surface area contributed by atoms with E-state index >= 15 is 0 Å². The zero-order chi connectivity index (χ0) is 43.6. The normalized spacial score (nSPS) is 33.7. The van der Waals surface area contributed by atoms with Gasteiger partial charge in [-0.1, -0.05) is 83.9 Å². The monoisotopic (exact) mass is 815 g/mol. The highest BCUT2D eigenvalue weighted by Crippen LogP contribution is 2.42. The molecule has 0 aromatic heterocycles. The summed E-state index contributed by atoms with van der Waals surface area (Å²) >= 11 is 0. The molecule has 2 heterocycles. The van der Waals surface area contributed by atoms with Crippen molar-refractivity contribution in [3.8, 4) is 0 Å². The number of Topliss-reactive ketones (excluding diaryl/α,β-unsaturated/α-hetero) is 1. The summed E-state index contributed by atoms with van der Waals surface area (Å²) in [6.07, 6.45) is 5.61. The zero-order valence-corrected chi connectivity index (χ0v) is 35.8. The van der Waals surface area contributed by atoms with Gasteiger partial charge in [-0.15, -0.1) is 0 Å². The SMILES string of the molecule is COC1=CC(C)=C[C@@H](C)[C@@H](O)[C@@H](C)C/C(C)=C/C=C/[C@H](OC)[C@@H]([C@@H](C)[C@@H](O)[C@H](C)[C@@]2(O)C[C@@H](OC(=O)/C=C/C(=O)NC3=C(O)CCC3=O)[C@H](C)[C@@H](C(C)C)O2)OC1=O. The van der Waals surface area contributed by atoms with Crippen molar-refractivity contribution < 1.29 is 63.3 Å². The van der Waals surface area contributed by atoms with Gasteiger partial charge in [0.25, 0.3) is 0 Å². The van der Waals surface area contributed by atoms with E-state index in [1.165, 1.54) is 20.3 Å². The zero-order valence-electron chi connectivity index (χ0n) is 35.8. The molecule has 12 atom stereocenters. The van der Waals surface area contributed by atoms with E-state index in [9.17, 15) is 39.6 Å². The maximum absolute atomic E-state index is 13.7. The number of hydrogen-bond acceptors (Lipinski definition) is 13. The van der Waals surface area contributed by atoms with E-state index in [1.807, 2.05) is 53.7 Å². The smallest absolute Gasteiger partial charge is 0.373 e. The Labute approximate surface area is 342 Å². The van der Waals surface area contributed by atoms with E-state index in [0.717, 1.165) is 17.7 Å². The van der Waals surface area contributed by atoms with Gasteiger partial charge >= 0.3 is 11.9 Å². The van der Waals surface area contributed by atoms with Gasteiger partial charge in [0.2, 0.25) is 11.7 Å². The molecule has 0 bridgehead atoms. The fraction of sp³-hybridized carbons (Fsp3) is 0.636. The summed E-state index contributed by atoms with van der Waals surface area (Å²) in [6, 6.07) is 0. The molecular formula is C44H65NO13. The van der Waals surface area contributed by atoms with Gasteiger partial charge in [0.1, 0.15) is 29.8 Å². The van der Waals surface area contributed by atoms with Crippen molar-refractivity contribution >= 4 is 23.6 Å². The molecule has 3 rings (SSSR count). The number of aliphatic hydroxyl groups is 4. The molecule has 0 radical (unpaired) electrons. The molecule has 0 saturated carbocycles. The summed E-state index contributed by atoms with van der Waals surface area (Å²) in [7, 11) is 2.79. The van der Waals surface area contributed by atoms with Gasteiger partial charge in [0, 0.05) is 62.2 Å². The Bertz CT molecular complexity index is 1670. The Morgan fingerprint density at radius 1 is 1.03 bits per heavy atom. The minimum Gasteiger partial charge on any atom is -0.510 e. The molecule has 3 aliphatic rings. The summed E-state index contributed by atoms with van der Waals surface area (Å²) in [4.78, 5) is 51.1. The lowest BCUT2D eigenvalue weighted by atomic mass is 9.76. The third-order valence-electron chi connectivity index (χ3n) is 11.5. The number of ketones is 1. The molecule has 1 saturated heterocycles. The maximum Gasteiger partial charge on any atom is 0.373 e. The van der Waals surface area contributed by atoms with Crippen molar-refractivity contribution in [2.75, 3.05) is 14.2 Å². The average molecular weight is 816 g/mol. The predicted octanol–water partition coefficient (Wildman–Crippen LogP) is 5.05. The van der Waals surface area contributed by atoms with Crippen LogP contribution in [0.5, 0.6) is 0 Å². The van der Waals surface area contributed by atoms with Crippen LogP contribution < -0.4 is 5.32 Å². The second-order valence-electron chi connectivity index (χ2n) is 16.5. The van der Waals surface area contributed by atoms with Gasteiger partial charge in [-0.05, 0) is 38.2 Å². The van der Waals surface area contributed by atoms with Gasteiger partial charge in [0.05, 0.1) is 25.4 Å². The quantitative estimate of drug-likeness (QED) is 0.137. The second kappa shape index (κ2) is 21.3. The number of hydrogen-bond donors (Lipinski definition) is 5. The van der Waals surface area contributed by atoms with E-state index in [4.69, 9.17) is 23.7 Å². The lowest BCUT2D eigenvalue weighted by Crippen LogP contribution is -2.59. The topological polar surface area (TPSA) is 207 Å². The van der Waals surface area contributed by atoms with Crippen molar-refractivity contribution in [2.45, 2.75) is 130 Å². The molecule has 0 unspecified atom stereocenters. The number of ether oxygens (including phenoxy) is 5. The number of esters is 2. The first-order valence-corrected chi connectivity index (χ1v) is 20.1. The lowest BCUT2D eigenvalue weighted by molar-refractivity contribution is -0.329. The van der Waals surface area contributed by atoms with E-state index < -0.39 is 83.8 Å². The molecule has 0 aromatic carbocycles. The van der Waals surface area contributed by atoms with Crippen LogP contribution in [0.1, 0.15) is 88.0 Å². The van der Waals surface area contributed by atoms with Crippen molar-refractivity contribution in [1.82, 2.24) is 5.32 Å². The third-order valence-corrected chi connectivity index (χ3v) is 11.5. The molecule has 1 fully saturated rings. The summed E-state index contributed by atoms with van der Waals surface area (Å²) in [5.74, 6) is -8.07. The molecule has 5 N–H and O–H groups in total. The van der Waals surface area contributed by atoms with Crippen molar-refractivity contribution in [3.63, 3.8) is 0 Å². The predicted molar refractivity (Wildman–Crippen MR) is 215 cm³/mol. The van der Waals surface area contributed by atoms with Crippen LogP contribution >= 0.6 is 0 Å². The lowest BCUT2D eigenvalue weighted by Gasteiger charge is -2.50.